The largest absolute Gasteiger partial charge is 0.285 e. The molecule has 0 unspecified atom stereocenters. The van der Waals surface area contributed by atoms with Gasteiger partial charge in [-0.1, -0.05) is 53.2 Å². The summed E-state index contributed by atoms with van der Waals surface area (Å²) in [6.07, 6.45) is 0. The molecule has 0 fully saturated rings. The van der Waals surface area contributed by atoms with Crippen LogP contribution in [0.1, 0.15) is 27.0 Å². The van der Waals surface area contributed by atoms with Crippen LogP contribution >= 0.6 is 23.4 Å². The number of carbonyl (C=O) groups is 1. The van der Waals surface area contributed by atoms with Gasteiger partial charge in [0.05, 0.1) is 17.1 Å². The topological polar surface area (TPSA) is 32.7 Å². The molecule has 0 aromatic heterocycles. The Morgan fingerprint density at radius 2 is 2.12 bits per heavy atom. The first-order valence-electron chi connectivity index (χ1n) is 7.96. The van der Waals surface area contributed by atoms with E-state index >= 15 is 0 Å². The van der Waals surface area contributed by atoms with Gasteiger partial charge in [-0.15, -0.1) is 0 Å². The highest BCUT2D eigenvalue weighted by atomic mass is 35.5. The Bertz CT molecular complexity index is 833. The monoisotopic (exact) mass is 376 g/mol. The van der Waals surface area contributed by atoms with E-state index in [4.69, 9.17) is 11.6 Å². The van der Waals surface area contributed by atoms with Crippen LogP contribution in [-0.2, 0) is 5.75 Å². The molecule has 0 radical (unpaired) electrons. The van der Waals surface area contributed by atoms with Gasteiger partial charge in [0.25, 0.3) is 5.91 Å². The molecule has 0 saturated carbocycles. The average Bonchev–Trinajstić information content (AvgIpc) is 3.04. The summed E-state index contributed by atoms with van der Waals surface area (Å²) in [6.45, 7) is 5.08. The summed E-state index contributed by atoms with van der Waals surface area (Å²) in [6, 6.07) is 10.6. The summed E-state index contributed by atoms with van der Waals surface area (Å²) >= 11 is 7.52. The minimum Gasteiger partial charge on any atom is -0.285 e. The minimum absolute atomic E-state index is 0.0916. The van der Waals surface area contributed by atoms with Crippen molar-refractivity contribution in [3.05, 3.63) is 69.5 Å². The molecule has 0 saturated heterocycles. The van der Waals surface area contributed by atoms with Crippen molar-refractivity contribution in [3.63, 3.8) is 0 Å². The number of amidine groups is 1. The number of rotatable bonds is 3. The number of thioether (sulfide) groups is 1. The number of aliphatic imine (C=N–C) groups is 1. The van der Waals surface area contributed by atoms with Crippen LogP contribution in [0.25, 0.3) is 0 Å². The van der Waals surface area contributed by atoms with E-state index in [0.29, 0.717) is 24.0 Å². The second-order valence-corrected chi connectivity index (χ2v) is 7.29. The maximum atomic E-state index is 14.1. The first-order chi connectivity index (χ1) is 12.0. The van der Waals surface area contributed by atoms with E-state index in [1.54, 1.807) is 0 Å². The number of hydrogen-bond donors (Lipinski definition) is 0. The van der Waals surface area contributed by atoms with Gasteiger partial charge in [-0.3, -0.25) is 14.7 Å². The van der Waals surface area contributed by atoms with Crippen molar-refractivity contribution < 1.29 is 9.18 Å². The molecule has 1 aliphatic rings. The third-order valence-corrected chi connectivity index (χ3v) is 5.46. The lowest BCUT2D eigenvalue weighted by atomic mass is 10.1. The number of benzene rings is 2. The second-order valence-electron chi connectivity index (χ2n) is 5.94. The van der Waals surface area contributed by atoms with E-state index in [1.165, 1.54) is 51.6 Å². The molecule has 25 heavy (non-hydrogen) atoms. The fourth-order valence-corrected chi connectivity index (χ4v) is 4.03. The van der Waals surface area contributed by atoms with E-state index in [9.17, 15) is 9.18 Å². The maximum Gasteiger partial charge on any atom is 0.264 e. The molecular formula is C19H18ClFN2OS. The fraction of sp³-hybridized carbons (Fsp3) is 0.263. The molecule has 0 bridgehead atoms. The number of amides is 1. The molecule has 0 aliphatic carbocycles. The van der Waals surface area contributed by atoms with Crippen LogP contribution in [0.3, 0.4) is 0 Å². The first-order valence-corrected chi connectivity index (χ1v) is 9.33. The molecule has 3 nitrogen and oxygen atoms in total. The van der Waals surface area contributed by atoms with E-state index in [-0.39, 0.29) is 10.6 Å². The van der Waals surface area contributed by atoms with Crippen LogP contribution < -0.4 is 0 Å². The van der Waals surface area contributed by atoms with Crippen LogP contribution in [0.2, 0.25) is 5.02 Å². The summed E-state index contributed by atoms with van der Waals surface area (Å²) in [5, 5.41) is 0.737. The quantitative estimate of drug-likeness (QED) is 0.767. The van der Waals surface area contributed by atoms with Crippen LogP contribution in [0.4, 0.5) is 4.39 Å². The first kappa shape index (κ1) is 18.0. The molecule has 2 aromatic carbocycles. The Balaban J connectivity index is 1.77. The predicted octanol–water partition coefficient (Wildman–Crippen LogP) is 4.84. The normalized spacial score (nSPS) is 13.9. The lowest BCUT2D eigenvalue weighted by Gasteiger charge is -2.19. The number of carbonyl (C=O) groups excluding carboxylic acids is 1. The van der Waals surface area contributed by atoms with Crippen molar-refractivity contribution >= 4 is 34.4 Å². The van der Waals surface area contributed by atoms with Crippen LogP contribution in [0, 0.1) is 19.7 Å². The van der Waals surface area contributed by atoms with E-state index < -0.39 is 11.7 Å². The summed E-state index contributed by atoms with van der Waals surface area (Å²) in [5.41, 5.74) is 3.51. The summed E-state index contributed by atoms with van der Waals surface area (Å²) in [5.74, 6) is -0.336. The summed E-state index contributed by atoms with van der Waals surface area (Å²) in [7, 11) is 0. The molecule has 130 valence electrons. The molecule has 6 heteroatoms. The zero-order valence-corrected chi connectivity index (χ0v) is 15.6. The van der Waals surface area contributed by atoms with Gasteiger partial charge in [0, 0.05) is 12.3 Å². The Morgan fingerprint density at radius 1 is 1.32 bits per heavy atom. The minimum atomic E-state index is -0.608. The molecule has 0 N–H and O–H groups in total. The number of nitrogens with zero attached hydrogens (tertiary/aromatic N) is 2. The van der Waals surface area contributed by atoms with Gasteiger partial charge in [0.15, 0.2) is 5.17 Å². The fourth-order valence-electron chi connectivity index (χ4n) is 2.67. The Kier molecular flexibility index (Phi) is 5.45. The molecule has 3 rings (SSSR count). The third kappa shape index (κ3) is 3.88. The zero-order valence-electron chi connectivity index (χ0n) is 14.1. The Morgan fingerprint density at radius 3 is 2.88 bits per heavy atom. The summed E-state index contributed by atoms with van der Waals surface area (Å²) in [4.78, 5) is 18.7. The van der Waals surface area contributed by atoms with Crippen LogP contribution in [0.5, 0.6) is 0 Å². The van der Waals surface area contributed by atoms with Crippen molar-refractivity contribution in [1.29, 1.82) is 0 Å². The highest BCUT2D eigenvalue weighted by molar-refractivity contribution is 8.13. The molecule has 1 amide bonds. The molecular weight excluding hydrogens is 359 g/mol. The molecule has 0 spiro atoms. The average molecular weight is 377 g/mol. The number of hydrogen-bond acceptors (Lipinski definition) is 3. The van der Waals surface area contributed by atoms with Crippen LogP contribution in [0.15, 0.2) is 41.4 Å². The van der Waals surface area contributed by atoms with E-state index in [1.807, 2.05) is 0 Å². The Hall–Kier alpha value is -1.85. The zero-order chi connectivity index (χ0) is 18.0. The van der Waals surface area contributed by atoms with Gasteiger partial charge in [-0.25, -0.2) is 4.39 Å². The van der Waals surface area contributed by atoms with Crippen molar-refractivity contribution in [1.82, 2.24) is 4.90 Å². The summed E-state index contributed by atoms with van der Waals surface area (Å²) < 4.78 is 14.1. The lowest BCUT2D eigenvalue weighted by Crippen LogP contribution is -2.33. The SMILES string of the molecule is Cc1ccc(C)c(CSC2=NCCN2C(=O)c2c(F)cccc2Cl)c1. The molecule has 0 atom stereocenters. The van der Waals surface area contributed by atoms with Crippen molar-refractivity contribution in [2.45, 2.75) is 19.6 Å². The van der Waals surface area contributed by atoms with E-state index in [0.717, 1.165) is 0 Å². The second kappa shape index (κ2) is 7.58. The van der Waals surface area contributed by atoms with Gasteiger partial charge < -0.3 is 0 Å². The van der Waals surface area contributed by atoms with Crippen molar-refractivity contribution in [2.75, 3.05) is 13.1 Å². The van der Waals surface area contributed by atoms with Gasteiger partial charge in [-0.05, 0) is 37.1 Å². The smallest absolute Gasteiger partial charge is 0.264 e. The maximum absolute atomic E-state index is 14.1. The van der Waals surface area contributed by atoms with Gasteiger partial charge >= 0.3 is 0 Å². The van der Waals surface area contributed by atoms with Gasteiger partial charge in [0.1, 0.15) is 5.82 Å². The van der Waals surface area contributed by atoms with Crippen LogP contribution in [-0.4, -0.2) is 29.1 Å². The molecule has 2 aromatic rings. The lowest BCUT2D eigenvalue weighted by molar-refractivity contribution is 0.0856. The van der Waals surface area contributed by atoms with Crippen molar-refractivity contribution in [3.8, 4) is 0 Å². The number of halogens is 2. The molecule has 1 aliphatic heterocycles. The van der Waals surface area contributed by atoms with E-state index in [2.05, 4.69) is 37.0 Å². The van der Waals surface area contributed by atoms with Gasteiger partial charge in [-0.2, -0.15) is 0 Å². The highest BCUT2D eigenvalue weighted by Gasteiger charge is 2.28. The van der Waals surface area contributed by atoms with Crippen molar-refractivity contribution in [2.24, 2.45) is 4.99 Å². The standard InChI is InChI=1S/C19H18ClFN2OS/c1-12-6-7-13(2)14(10-12)11-25-19-22-8-9-23(19)18(24)17-15(20)4-3-5-16(17)21/h3-7,10H,8-9,11H2,1-2H3. The number of aryl methyl sites for hydroxylation is 2. The van der Waals surface area contributed by atoms with Gasteiger partial charge in [0.2, 0.25) is 0 Å². The Labute approximate surface area is 155 Å². The highest BCUT2D eigenvalue weighted by Crippen LogP contribution is 2.26. The predicted molar refractivity (Wildman–Crippen MR) is 102 cm³/mol. The molecule has 1 heterocycles. The third-order valence-electron chi connectivity index (χ3n) is 4.08.